The molecule has 1 aromatic heterocycles. The van der Waals surface area contributed by atoms with Crippen LogP contribution in [-0.2, 0) is 16.1 Å². The molecule has 52 heavy (non-hydrogen) atoms. The summed E-state index contributed by atoms with van der Waals surface area (Å²) in [6, 6.07) is 11.2. The summed E-state index contributed by atoms with van der Waals surface area (Å²) in [6.07, 6.45) is 4.27. The molecule has 1 fully saturated rings. The first kappa shape index (κ1) is 37.9. The van der Waals surface area contributed by atoms with Crippen LogP contribution in [0.4, 0.5) is 22.4 Å². The summed E-state index contributed by atoms with van der Waals surface area (Å²) in [7, 11) is 0. The number of fused-ring (bicyclic) bond motifs is 10. The van der Waals surface area contributed by atoms with E-state index in [-0.39, 0.29) is 29.7 Å². The van der Waals surface area contributed by atoms with Crippen LogP contribution in [-0.4, -0.2) is 87.0 Å². The van der Waals surface area contributed by atoms with E-state index < -0.39 is 35.7 Å². The second-order valence-electron chi connectivity index (χ2n) is 13.7. The number of rotatable bonds is 7. The van der Waals surface area contributed by atoms with Crippen molar-refractivity contribution in [1.82, 2.24) is 25.2 Å². The molecular weight excluding hydrogens is 670 g/mol. The van der Waals surface area contributed by atoms with Crippen molar-refractivity contribution in [2.75, 3.05) is 37.0 Å². The molecule has 4 heterocycles. The molecule has 2 aromatic carbocycles. The number of anilines is 3. The largest absolute Gasteiger partial charge is 0.494 e. The average molecular weight is 720 g/mol. The van der Waals surface area contributed by atoms with Crippen molar-refractivity contribution >= 4 is 35.6 Å². The lowest BCUT2D eigenvalue weighted by Gasteiger charge is -2.30. The number of carbonyl (C=O) groups excluding carboxylic acids is 2. The highest BCUT2D eigenvalue weighted by Crippen LogP contribution is 2.28. The van der Waals surface area contributed by atoms with Crippen LogP contribution in [0.1, 0.15) is 88.6 Å². The molecule has 2 atom stereocenters. The molecule has 6 rings (SSSR count). The minimum absolute atomic E-state index is 0.0302. The standard InChI is InChI=1S/C37H49N7O8/c1-5-49-35-42-33-38-23-24-12-15-27(16-13-24)50-19-8-6-7-9-20-51-30-21-25(39-34(41-33)43-35)14-17-28(30)31(45)40-29(32(46)47)22-26-11-10-18-44(26)36(48)52-37(2,3)4/h12-17,21,26,29H,5-11,18-20,22-23H2,1-4H3,(H,40,45)(H,46,47)(H2,38,39,41,42,43). The van der Waals surface area contributed by atoms with Crippen molar-refractivity contribution in [3.63, 3.8) is 0 Å². The van der Waals surface area contributed by atoms with Crippen LogP contribution in [0, 0.1) is 0 Å². The van der Waals surface area contributed by atoms with E-state index in [4.69, 9.17) is 18.9 Å². The molecule has 2 amide bonds. The predicted octanol–water partition coefficient (Wildman–Crippen LogP) is 5.93. The first-order chi connectivity index (χ1) is 25.0. The molecule has 2 unspecified atom stereocenters. The average Bonchev–Trinajstić information content (AvgIpc) is 3.56. The molecule has 3 aliphatic rings. The number of hydrogen-bond donors (Lipinski definition) is 4. The minimum Gasteiger partial charge on any atom is -0.494 e. The van der Waals surface area contributed by atoms with Gasteiger partial charge in [-0.1, -0.05) is 12.1 Å². The molecule has 0 radical (unpaired) electrons. The van der Waals surface area contributed by atoms with E-state index in [2.05, 4.69) is 30.9 Å². The van der Waals surface area contributed by atoms with Gasteiger partial charge in [0.2, 0.25) is 11.9 Å². The Morgan fingerprint density at radius 2 is 1.71 bits per heavy atom. The van der Waals surface area contributed by atoms with Gasteiger partial charge in [-0.2, -0.15) is 15.0 Å². The summed E-state index contributed by atoms with van der Waals surface area (Å²) in [4.78, 5) is 53.8. The third-order valence-electron chi connectivity index (χ3n) is 8.43. The summed E-state index contributed by atoms with van der Waals surface area (Å²) in [6.45, 7) is 9.35. The highest BCUT2D eigenvalue weighted by Gasteiger charge is 2.36. The van der Waals surface area contributed by atoms with Gasteiger partial charge in [0, 0.05) is 30.9 Å². The van der Waals surface area contributed by atoms with Crippen LogP contribution in [0.3, 0.4) is 0 Å². The Morgan fingerprint density at radius 3 is 2.42 bits per heavy atom. The van der Waals surface area contributed by atoms with Crippen LogP contribution >= 0.6 is 0 Å². The topological polar surface area (TPSA) is 186 Å². The number of ether oxygens (including phenoxy) is 4. The Morgan fingerprint density at radius 1 is 0.981 bits per heavy atom. The summed E-state index contributed by atoms with van der Waals surface area (Å²) < 4.78 is 23.2. The van der Waals surface area contributed by atoms with E-state index in [0.717, 1.165) is 37.0 Å². The van der Waals surface area contributed by atoms with Crippen molar-refractivity contribution in [3.8, 4) is 17.5 Å². The number of hydrogen-bond acceptors (Lipinski definition) is 12. The minimum atomic E-state index is -1.26. The Balaban J connectivity index is 1.36. The summed E-state index contributed by atoms with van der Waals surface area (Å²) in [5.41, 5.74) is 1.01. The van der Waals surface area contributed by atoms with Gasteiger partial charge in [-0.3, -0.25) is 4.79 Å². The zero-order valence-electron chi connectivity index (χ0n) is 30.3. The lowest BCUT2D eigenvalue weighted by atomic mass is 10.0. The third kappa shape index (κ3) is 11.1. The fraction of sp³-hybridized carbons (Fsp3) is 0.514. The SMILES string of the molecule is CCOc1nc2nc(n1)Nc1ccc(C(=O)NC(CC3CCCN3C(=O)OC(C)(C)C)C(=O)O)c(c1)OCCCCCCOc1ccc(cc1)CN2. The Bertz CT molecular complexity index is 1680. The van der Waals surface area contributed by atoms with E-state index in [0.29, 0.717) is 57.4 Å². The number of aliphatic carboxylic acids is 1. The Hall–Kier alpha value is -5.34. The van der Waals surface area contributed by atoms with Crippen molar-refractivity contribution in [2.45, 2.75) is 96.9 Å². The summed E-state index contributed by atoms with van der Waals surface area (Å²) in [5.74, 6) is -0.262. The number of carboxylic acids is 1. The second kappa shape index (κ2) is 17.7. The number of carbonyl (C=O) groups is 3. The molecule has 0 aliphatic carbocycles. The van der Waals surface area contributed by atoms with Gasteiger partial charge in [-0.25, -0.2) is 9.59 Å². The first-order valence-corrected chi connectivity index (χ1v) is 17.9. The zero-order chi connectivity index (χ0) is 37.1. The van der Waals surface area contributed by atoms with Crippen molar-refractivity contribution in [2.24, 2.45) is 0 Å². The molecule has 3 aromatic rings. The molecule has 1 saturated heterocycles. The lowest BCUT2D eigenvalue weighted by molar-refractivity contribution is -0.139. The molecule has 0 spiro atoms. The maximum Gasteiger partial charge on any atom is 0.410 e. The monoisotopic (exact) mass is 719 g/mol. The van der Waals surface area contributed by atoms with Crippen LogP contribution in [0.5, 0.6) is 17.5 Å². The van der Waals surface area contributed by atoms with E-state index in [9.17, 15) is 19.5 Å². The van der Waals surface area contributed by atoms with Gasteiger partial charge in [0.1, 0.15) is 23.1 Å². The van der Waals surface area contributed by atoms with Gasteiger partial charge >= 0.3 is 18.1 Å². The Kier molecular flexibility index (Phi) is 12.9. The number of amides is 2. The maximum absolute atomic E-state index is 13.7. The first-order valence-electron chi connectivity index (χ1n) is 17.9. The van der Waals surface area contributed by atoms with E-state index >= 15 is 0 Å². The van der Waals surface area contributed by atoms with E-state index in [1.165, 1.54) is 0 Å². The number of aromatic nitrogens is 3. The predicted molar refractivity (Wildman–Crippen MR) is 193 cm³/mol. The van der Waals surface area contributed by atoms with Crippen molar-refractivity contribution < 1.29 is 38.4 Å². The van der Waals surface area contributed by atoms with Gasteiger partial charge in [-0.15, -0.1) is 0 Å². The fourth-order valence-corrected chi connectivity index (χ4v) is 5.91. The molecule has 6 bridgehead atoms. The molecule has 15 heteroatoms. The van der Waals surface area contributed by atoms with Gasteiger partial charge in [0.05, 0.1) is 25.4 Å². The maximum atomic E-state index is 13.7. The summed E-state index contributed by atoms with van der Waals surface area (Å²) in [5, 5.41) is 19.2. The van der Waals surface area contributed by atoms with Crippen LogP contribution in [0.15, 0.2) is 42.5 Å². The molecule has 15 nitrogen and oxygen atoms in total. The number of carboxylic acid groups (broad SMARTS) is 1. The lowest BCUT2D eigenvalue weighted by Crippen LogP contribution is -2.47. The second-order valence-corrected chi connectivity index (χ2v) is 13.7. The van der Waals surface area contributed by atoms with Crippen LogP contribution in [0.25, 0.3) is 0 Å². The summed E-state index contributed by atoms with van der Waals surface area (Å²) >= 11 is 0. The van der Waals surface area contributed by atoms with Gasteiger partial charge in [0.25, 0.3) is 5.91 Å². The number of likely N-dealkylation sites (tertiary alicyclic amines) is 1. The smallest absolute Gasteiger partial charge is 0.410 e. The van der Waals surface area contributed by atoms with Crippen LogP contribution in [0.2, 0.25) is 0 Å². The third-order valence-corrected chi connectivity index (χ3v) is 8.43. The quantitative estimate of drug-likeness (QED) is 0.225. The molecule has 280 valence electrons. The normalized spacial score (nSPS) is 17.2. The number of benzene rings is 2. The molecule has 0 saturated carbocycles. The van der Waals surface area contributed by atoms with Gasteiger partial charge < -0.3 is 44.9 Å². The number of nitrogens with zero attached hydrogens (tertiary/aromatic N) is 4. The van der Waals surface area contributed by atoms with Gasteiger partial charge in [-0.05, 0) is 102 Å². The highest BCUT2D eigenvalue weighted by molar-refractivity contribution is 5.99. The number of nitrogens with one attached hydrogen (secondary N) is 3. The Labute approximate surface area is 303 Å². The fourth-order valence-electron chi connectivity index (χ4n) is 5.91. The molecule has 4 N–H and O–H groups in total. The van der Waals surface area contributed by atoms with E-state index in [1.807, 2.05) is 31.2 Å². The van der Waals surface area contributed by atoms with Crippen molar-refractivity contribution in [1.29, 1.82) is 0 Å². The molecule has 3 aliphatic heterocycles. The zero-order valence-corrected chi connectivity index (χ0v) is 30.3. The highest BCUT2D eigenvalue weighted by atomic mass is 16.6. The molecular formula is C37H49N7O8. The van der Waals surface area contributed by atoms with E-state index in [1.54, 1.807) is 43.9 Å². The van der Waals surface area contributed by atoms with Gasteiger partial charge in [0.15, 0.2) is 0 Å². The van der Waals surface area contributed by atoms with Crippen LogP contribution < -0.4 is 30.2 Å². The van der Waals surface area contributed by atoms with Crippen molar-refractivity contribution in [3.05, 3.63) is 53.6 Å².